The number of halogens is 3. The van der Waals surface area contributed by atoms with Crippen molar-refractivity contribution < 1.29 is 27.4 Å². The van der Waals surface area contributed by atoms with Gasteiger partial charge >= 0.3 is 12.1 Å². The van der Waals surface area contributed by atoms with Crippen LogP contribution < -0.4 is 9.47 Å². The molecular formula is C16H13F3O3. The fourth-order valence-corrected chi connectivity index (χ4v) is 1.80. The van der Waals surface area contributed by atoms with Gasteiger partial charge in [-0.25, -0.2) is 4.79 Å². The number of aryl methyl sites for hydroxylation is 1. The van der Waals surface area contributed by atoms with E-state index in [2.05, 4.69) is 0 Å². The molecule has 0 bridgehead atoms. The summed E-state index contributed by atoms with van der Waals surface area (Å²) in [6.45, 7) is 1.32. The lowest BCUT2D eigenvalue weighted by molar-refractivity contribution is -0.143. The number of carbonyl (C=O) groups is 1. The maximum absolute atomic E-state index is 12.8. The Bertz CT molecular complexity index is 666. The summed E-state index contributed by atoms with van der Waals surface area (Å²) >= 11 is 0. The molecule has 0 fully saturated rings. The molecule has 0 aromatic heterocycles. The van der Waals surface area contributed by atoms with E-state index in [0.717, 1.165) is 17.7 Å². The normalized spacial score (nSPS) is 11.1. The molecule has 3 nitrogen and oxygen atoms in total. The van der Waals surface area contributed by atoms with Crippen molar-refractivity contribution in [2.24, 2.45) is 0 Å². The summed E-state index contributed by atoms with van der Waals surface area (Å²) in [5, 5.41) is 0. The second kappa shape index (κ2) is 6.51. The number of hydrogen-bond donors (Lipinski definition) is 0. The lowest BCUT2D eigenvalue weighted by atomic mass is 10.2. The van der Waals surface area contributed by atoms with Crippen LogP contribution in [0.4, 0.5) is 13.2 Å². The third kappa shape index (κ3) is 4.00. The van der Waals surface area contributed by atoms with Gasteiger partial charge in [0.25, 0.3) is 0 Å². The van der Waals surface area contributed by atoms with Crippen molar-refractivity contribution in [2.75, 3.05) is 6.61 Å². The summed E-state index contributed by atoms with van der Waals surface area (Å²) in [6.07, 6.45) is -4.59. The smallest absolute Gasteiger partial charge is 0.419 e. The Balaban J connectivity index is 2.03. The topological polar surface area (TPSA) is 35.5 Å². The van der Waals surface area contributed by atoms with Crippen molar-refractivity contribution in [1.29, 1.82) is 0 Å². The van der Waals surface area contributed by atoms with Gasteiger partial charge in [-0.2, -0.15) is 13.2 Å². The van der Waals surface area contributed by atoms with E-state index in [4.69, 9.17) is 9.47 Å². The molecule has 0 radical (unpaired) electrons. The predicted octanol–water partition coefficient (Wildman–Crippen LogP) is 4.00. The minimum atomic E-state index is -4.59. The molecule has 0 aliphatic heterocycles. The molecular weight excluding hydrogens is 297 g/mol. The minimum Gasteiger partial charge on any atom is -0.482 e. The van der Waals surface area contributed by atoms with Crippen molar-refractivity contribution in [3.05, 3.63) is 59.7 Å². The van der Waals surface area contributed by atoms with Crippen LogP contribution in [0.1, 0.15) is 11.1 Å². The lowest BCUT2D eigenvalue weighted by Crippen LogP contribution is -2.20. The number of rotatable bonds is 4. The first-order valence-corrected chi connectivity index (χ1v) is 6.43. The number of para-hydroxylation sites is 2. The number of ether oxygens (including phenoxy) is 2. The zero-order valence-corrected chi connectivity index (χ0v) is 11.7. The fourth-order valence-electron chi connectivity index (χ4n) is 1.80. The van der Waals surface area contributed by atoms with Crippen LogP contribution in [0.3, 0.4) is 0 Å². The first-order valence-electron chi connectivity index (χ1n) is 6.43. The first kappa shape index (κ1) is 15.9. The van der Waals surface area contributed by atoms with Gasteiger partial charge in [-0.3, -0.25) is 0 Å². The Morgan fingerprint density at radius 1 is 1.00 bits per heavy atom. The maximum Gasteiger partial charge on any atom is 0.419 e. The SMILES string of the molecule is Cc1ccccc1OCC(=O)Oc1ccccc1C(F)(F)F. The van der Waals surface area contributed by atoms with Crippen LogP contribution in [0, 0.1) is 6.92 Å². The number of benzene rings is 2. The van der Waals surface area contributed by atoms with E-state index in [-0.39, 0.29) is 0 Å². The summed E-state index contributed by atoms with van der Waals surface area (Å²) < 4.78 is 48.3. The zero-order chi connectivity index (χ0) is 16.2. The van der Waals surface area contributed by atoms with Gasteiger partial charge in [0, 0.05) is 0 Å². The largest absolute Gasteiger partial charge is 0.482 e. The van der Waals surface area contributed by atoms with Gasteiger partial charge in [-0.15, -0.1) is 0 Å². The highest BCUT2D eigenvalue weighted by Crippen LogP contribution is 2.35. The van der Waals surface area contributed by atoms with Gasteiger partial charge in [0.05, 0.1) is 5.56 Å². The molecule has 0 aliphatic carbocycles. The molecule has 0 saturated carbocycles. The molecule has 2 aromatic rings. The van der Waals surface area contributed by atoms with Crippen molar-refractivity contribution in [3.8, 4) is 11.5 Å². The summed E-state index contributed by atoms with van der Waals surface area (Å²) in [4.78, 5) is 11.7. The number of esters is 1. The molecule has 0 heterocycles. The van der Waals surface area contributed by atoms with Gasteiger partial charge in [-0.1, -0.05) is 30.3 Å². The molecule has 0 atom stereocenters. The fraction of sp³-hybridized carbons (Fsp3) is 0.188. The van der Waals surface area contributed by atoms with E-state index in [1.165, 1.54) is 12.1 Å². The lowest BCUT2D eigenvalue weighted by Gasteiger charge is -2.13. The summed E-state index contributed by atoms with van der Waals surface area (Å²) in [5.41, 5.74) is -0.190. The van der Waals surface area contributed by atoms with Crippen LogP contribution in [0.15, 0.2) is 48.5 Å². The Morgan fingerprint density at radius 3 is 2.23 bits per heavy atom. The van der Waals surface area contributed by atoms with E-state index in [9.17, 15) is 18.0 Å². The number of alkyl halides is 3. The third-order valence-corrected chi connectivity index (χ3v) is 2.86. The van der Waals surface area contributed by atoms with E-state index in [0.29, 0.717) is 5.75 Å². The van der Waals surface area contributed by atoms with Crippen LogP contribution in [-0.4, -0.2) is 12.6 Å². The molecule has 0 unspecified atom stereocenters. The Kier molecular flexibility index (Phi) is 4.70. The quantitative estimate of drug-likeness (QED) is 0.632. The second-order valence-corrected chi connectivity index (χ2v) is 4.52. The van der Waals surface area contributed by atoms with E-state index in [1.54, 1.807) is 31.2 Å². The average molecular weight is 310 g/mol. The number of hydrogen-bond acceptors (Lipinski definition) is 3. The highest BCUT2D eigenvalue weighted by molar-refractivity contribution is 5.74. The first-order chi connectivity index (χ1) is 10.4. The highest BCUT2D eigenvalue weighted by Gasteiger charge is 2.34. The van der Waals surface area contributed by atoms with E-state index < -0.39 is 30.1 Å². The molecule has 2 rings (SSSR count). The Morgan fingerprint density at radius 2 is 1.59 bits per heavy atom. The zero-order valence-electron chi connectivity index (χ0n) is 11.7. The highest BCUT2D eigenvalue weighted by atomic mass is 19.4. The second-order valence-electron chi connectivity index (χ2n) is 4.52. The Labute approximate surface area is 125 Å². The van der Waals surface area contributed by atoms with Crippen molar-refractivity contribution in [1.82, 2.24) is 0 Å². The molecule has 0 N–H and O–H groups in total. The molecule has 0 amide bonds. The molecule has 6 heteroatoms. The van der Waals surface area contributed by atoms with Crippen LogP contribution >= 0.6 is 0 Å². The van der Waals surface area contributed by atoms with Crippen molar-refractivity contribution >= 4 is 5.97 Å². The molecule has 116 valence electrons. The van der Waals surface area contributed by atoms with Crippen molar-refractivity contribution in [2.45, 2.75) is 13.1 Å². The molecule has 0 aliphatic rings. The van der Waals surface area contributed by atoms with Crippen LogP contribution in [-0.2, 0) is 11.0 Å². The van der Waals surface area contributed by atoms with Crippen LogP contribution in [0.2, 0.25) is 0 Å². The van der Waals surface area contributed by atoms with Gasteiger partial charge in [-0.05, 0) is 30.7 Å². The summed E-state index contributed by atoms with van der Waals surface area (Å²) in [6, 6.07) is 11.5. The van der Waals surface area contributed by atoms with Crippen LogP contribution in [0.25, 0.3) is 0 Å². The standard InChI is InChI=1S/C16H13F3O3/c1-11-6-2-4-8-13(11)21-10-15(20)22-14-9-5-3-7-12(14)16(17,18)19/h2-9H,10H2,1H3. The molecule has 0 spiro atoms. The minimum absolute atomic E-state index is 0.475. The van der Waals surface area contributed by atoms with E-state index in [1.807, 2.05) is 0 Å². The van der Waals surface area contributed by atoms with Gasteiger partial charge in [0.1, 0.15) is 11.5 Å². The molecule has 22 heavy (non-hydrogen) atoms. The third-order valence-electron chi connectivity index (χ3n) is 2.86. The summed E-state index contributed by atoms with van der Waals surface area (Å²) in [7, 11) is 0. The van der Waals surface area contributed by atoms with Crippen LogP contribution in [0.5, 0.6) is 11.5 Å². The maximum atomic E-state index is 12.8. The molecule has 0 saturated heterocycles. The predicted molar refractivity (Wildman–Crippen MR) is 73.8 cm³/mol. The monoisotopic (exact) mass is 310 g/mol. The number of carbonyl (C=O) groups excluding carboxylic acids is 1. The van der Waals surface area contributed by atoms with Gasteiger partial charge in [0.15, 0.2) is 6.61 Å². The van der Waals surface area contributed by atoms with Gasteiger partial charge in [0.2, 0.25) is 0 Å². The average Bonchev–Trinajstić information content (AvgIpc) is 2.46. The Hall–Kier alpha value is -2.50. The van der Waals surface area contributed by atoms with E-state index >= 15 is 0 Å². The summed E-state index contributed by atoms with van der Waals surface area (Å²) in [5.74, 6) is -0.961. The molecule has 2 aromatic carbocycles. The van der Waals surface area contributed by atoms with Gasteiger partial charge < -0.3 is 9.47 Å². The van der Waals surface area contributed by atoms with Crippen molar-refractivity contribution in [3.63, 3.8) is 0 Å².